The Balaban J connectivity index is 1.67. The van der Waals surface area contributed by atoms with E-state index in [1.165, 1.54) is 25.7 Å². The molecule has 0 atom stereocenters. The summed E-state index contributed by atoms with van der Waals surface area (Å²) in [5, 5.41) is 3.44. The zero-order valence-corrected chi connectivity index (χ0v) is 10.6. The smallest absolute Gasteiger partial charge is 0.224 e. The predicted molar refractivity (Wildman–Crippen MR) is 70.9 cm³/mol. The van der Waals surface area contributed by atoms with Crippen molar-refractivity contribution in [1.29, 1.82) is 0 Å². The number of ether oxygens (including phenoxy) is 1. The first-order valence-corrected chi connectivity index (χ1v) is 6.84. The quantitative estimate of drug-likeness (QED) is 0.881. The average molecular weight is 248 g/mol. The topological polar surface area (TPSA) is 50.3 Å². The van der Waals surface area contributed by atoms with Crippen molar-refractivity contribution in [2.75, 3.05) is 36.5 Å². The number of rotatable bonds is 3. The van der Waals surface area contributed by atoms with Crippen LogP contribution in [0.4, 0.5) is 11.8 Å². The molecule has 18 heavy (non-hydrogen) atoms. The summed E-state index contributed by atoms with van der Waals surface area (Å²) in [5.41, 5.74) is 0. The minimum absolute atomic E-state index is 0.560. The molecule has 2 aliphatic rings. The van der Waals surface area contributed by atoms with Crippen LogP contribution < -0.4 is 10.2 Å². The summed E-state index contributed by atoms with van der Waals surface area (Å²) in [6.07, 6.45) is 6.97. The molecule has 3 rings (SSSR count). The van der Waals surface area contributed by atoms with E-state index < -0.39 is 0 Å². The van der Waals surface area contributed by atoms with Crippen LogP contribution in [0, 0.1) is 0 Å². The Labute approximate surface area is 108 Å². The third-order valence-electron chi connectivity index (χ3n) is 3.66. The van der Waals surface area contributed by atoms with Gasteiger partial charge < -0.3 is 15.0 Å². The Morgan fingerprint density at radius 2 is 2.00 bits per heavy atom. The van der Waals surface area contributed by atoms with Crippen LogP contribution in [0.25, 0.3) is 0 Å². The van der Waals surface area contributed by atoms with E-state index in [-0.39, 0.29) is 0 Å². The van der Waals surface area contributed by atoms with Crippen LogP contribution >= 0.6 is 0 Å². The van der Waals surface area contributed by atoms with Gasteiger partial charge in [-0.15, -0.1) is 0 Å². The summed E-state index contributed by atoms with van der Waals surface area (Å²) >= 11 is 0. The maximum atomic E-state index is 5.36. The summed E-state index contributed by atoms with van der Waals surface area (Å²) in [6, 6.07) is 2.54. The van der Waals surface area contributed by atoms with Crippen molar-refractivity contribution in [2.45, 2.75) is 31.7 Å². The monoisotopic (exact) mass is 248 g/mol. The SMILES string of the molecule is c1cc(N2CCOCC2)nc(NC2CCCC2)n1. The van der Waals surface area contributed by atoms with Crippen LogP contribution in [-0.4, -0.2) is 42.3 Å². The molecule has 0 unspecified atom stereocenters. The molecule has 0 aromatic carbocycles. The first-order valence-electron chi connectivity index (χ1n) is 6.84. The Morgan fingerprint density at radius 1 is 1.22 bits per heavy atom. The number of aromatic nitrogens is 2. The van der Waals surface area contributed by atoms with Crippen LogP contribution in [0.2, 0.25) is 0 Å². The highest BCUT2D eigenvalue weighted by Gasteiger charge is 2.17. The van der Waals surface area contributed by atoms with Gasteiger partial charge in [-0.25, -0.2) is 4.98 Å². The summed E-state index contributed by atoms with van der Waals surface area (Å²) < 4.78 is 5.36. The molecular formula is C13H20N4O. The number of hydrogen-bond acceptors (Lipinski definition) is 5. The van der Waals surface area contributed by atoms with Gasteiger partial charge in [-0.2, -0.15) is 4.98 Å². The fourth-order valence-electron chi connectivity index (χ4n) is 2.64. The molecule has 1 aliphatic heterocycles. The molecule has 0 amide bonds. The molecule has 1 saturated heterocycles. The zero-order chi connectivity index (χ0) is 12.2. The normalized spacial score (nSPS) is 21.2. The lowest BCUT2D eigenvalue weighted by molar-refractivity contribution is 0.122. The van der Waals surface area contributed by atoms with Crippen LogP contribution in [0.15, 0.2) is 12.3 Å². The first-order chi connectivity index (χ1) is 8.92. The summed E-state index contributed by atoms with van der Waals surface area (Å²) in [7, 11) is 0. The van der Waals surface area contributed by atoms with E-state index in [0.717, 1.165) is 38.1 Å². The predicted octanol–water partition coefficient (Wildman–Crippen LogP) is 1.67. The molecule has 1 aliphatic carbocycles. The lowest BCUT2D eigenvalue weighted by Crippen LogP contribution is -2.36. The van der Waals surface area contributed by atoms with Crippen LogP contribution in [-0.2, 0) is 4.74 Å². The Kier molecular flexibility index (Phi) is 3.59. The van der Waals surface area contributed by atoms with E-state index in [1.807, 2.05) is 12.3 Å². The van der Waals surface area contributed by atoms with Gasteiger partial charge in [0.1, 0.15) is 5.82 Å². The lowest BCUT2D eigenvalue weighted by Gasteiger charge is -2.28. The van der Waals surface area contributed by atoms with Crippen molar-refractivity contribution in [1.82, 2.24) is 9.97 Å². The second-order valence-electron chi connectivity index (χ2n) is 4.96. The molecular weight excluding hydrogens is 228 g/mol. The molecule has 1 aromatic heterocycles. The maximum Gasteiger partial charge on any atom is 0.224 e. The Bertz CT molecular complexity index is 386. The van der Waals surface area contributed by atoms with E-state index in [0.29, 0.717) is 6.04 Å². The summed E-state index contributed by atoms with van der Waals surface area (Å²) in [5.74, 6) is 1.78. The third kappa shape index (κ3) is 2.72. The molecule has 98 valence electrons. The average Bonchev–Trinajstić information content (AvgIpc) is 2.93. The van der Waals surface area contributed by atoms with Crippen LogP contribution in [0.5, 0.6) is 0 Å². The third-order valence-corrected chi connectivity index (χ3v) is 3.66. The molecule has 0 bridgehead atoms. The molecule has 2 fully saturated rings. The van der Waals surface area contributed by atoms with E-state index in [1.54, 1.807) is 0 Å². The van der Waals surface area contributed by atoms with Crippen molar-refractivity contribution in [3.8, 4) is 0 Å². The van der Waals surface area contributed by atoms with Crippen LogP contribution in [0.1, 0.15) is 25.7 Å². The first kappa shape index (κ1) is 11.7. The largest absolute Gasteiger partial charge is 0.378 e. The highest BCUT2D eigenvalue weighted by Crippen LogP contribution is 2.21. The lowest BCUT2D eigenvalue weighted by atomic mass is 10.2. The second-order valence-corrected chi connectivity index (χ2v) is 4.96. The van der Waals surface area contributed by atoms with Crippen molar-refractivity contribution in [2.24, 2.45) is 0 Å². The van der Waals surface area contributed by atoms with E-state index in [4.69, 9.17) is 4.74 Å². The molecule has 5 heteroatoms. The standard InChI is InChI=1S/C13H20N4O/c1-2-4-11(3-1)15-13-14-6-5-12(16-13)17-7-9-18-10-8-17/h5-6,11H,1-4,7-10H2,(H,14,15,16). The number of nitrogens with zero attached hydrogens (tertiary/aromatic N) is 3. The Hall–Kier alpha value is -1.36. The molecule has 1 saturated carbocycles. The molecule has 5 nitrogen and oxygen atoms in total. The van der Waals surface area contributed by atoms with Gasteiger partial charge in [-0.05, 0) is 18.9 Å². The highest BCUT2D eigenvalue weighted by molar-refractivity contribution is 5.43. The van der Waals surface area contributed by atoms with Gasteiger partial charge in [0, 0.05) is 25.3 Å². The van der Waals surface area contributed by atoms with Crippen molar-refractivity contribution < 1.29 is 4.74 Å². The van der Waals surface area contributed by atoms with Crippen LogP contribution in [0.3, 0.4) is 0 Å². The van der Waals surface area contributed by atoms with Gasteiger partial charge in [0.25, 0.3) is 0 Å². The molecule has 1 aromatic rings. The maximum absolute atomic E-state index is 5.36. The van der Waals surface area contributed by atoms with Gasteiger partial charge in [-0.1, -0.05) is 12.8 Å². The zero-order valence-electron chi connectivity index (χ0n) is 10.6. The van der Waals surface area contributed by atoms with Crippen molar-refractivity contribution in [3.05, 3.63) is 12.3 Å². The molecule has 0 radical (unpaired) electrons. The van der Waals surface area contributed by atoms with Gasteiger partial charge in [0.2, 0.25) is 5.95 Å². The molecule has 1 N–H and O–H groups in total. The second kappa shape index (κ2) is 5.52. The minimum Gasteiger partial charge on any atom is -0.378 e. The highest BCUT2D eigenvalue weighted by atomic mass is 16.5. The molecule has 2 heterocycles. The van der Waals surface area contributed by atoms with Gasteiger partial charge in [0.05, 0.1) is 13.2 Å². The fourth-order valence-corrected chi connectivity index (χ4v) is 2.64. The Morgan fingerprint density at radius 3 is 2.78 bits per heavy atom. The number of morpholine rings is 1. The van der Waals surface area contributed by atoms with Gasteiger partial charge >= 0.3 is 0 Å². The fraction of sp³-hybridized carbons (Fsp3) is 0.692. The number of hydrogen-bond donors (Lipinski definition) is 1. The van der Waals surface area contributed by atoms with E-state index in [9.17, 15) is 0 Å². The van der Waals surface area contributed by atoms with Gasteiger partial charge in [0.15, 0.2) is 0 Å². The van der Waals surface area contributed by atoms with Crippen molar-refractivity contribution >= 4 is 11.8 Å². The van der Waals surface area contributed by atoms with Crippen molar-refractivity contribution in [3.63, 3.8) is 0 Å². The van der Waals surface area contributed by atoms with E-state index >= 15 is 0 Å². The van der Waals surface area contributed by atoms with Gasteiger partial charge in [-0.3, -0.25) is 0 Å². The summed E-state index contributed by atoms with van der Waals surface area (Å²) in [4.78, 5) is 11.2. The number of anilines is 2. The van der Waals surface area contributed by atoms with E-state index in [2.05, 4.69) is 20.2 Å². The molecule has 0 spiro atoms. The number of nitrogens with one attached hydrogen (secondary N) is 1. The minimum atomic E-state index is 0.560. The summed E-state index contributed by atoms with van der Waals surface area (Å²) in [6.45, 7) is 3.41.